The number of benzene rings is 1. The minimum Gasteiger partial charge on any atom is -0.497 e. The average molecular weight is 399 g/mol. The summed E-state index contributed by atoms with van der Waals surface area (Å²) in [6.07, 6.45) is 4.92. The van der Waals surface area contributed by atoms with E-state index in [1.807, 2.05) is 24.3 Å². The number of nitrogens with one attached hydrogen (secondary N) is 1. The number of imide groups is 1. The van der Waals surface area contributed by atoms with Gasteiger partial charge in [0, 0.05) is 6.54 Å². The zero-order valence-corrected chi connectivity index (χ0v) is 17.1. The van der Waals surface area contributed by atoms with Gasteiger partial charge in [-0.2, -0.15) is 0 Å². The van der Waals surface area contributed by atoms with E-state index in [0.29, 0.717) is 25.3 Å². The number of carbonyl (C=O) groups excluding carboxylic acids is 3. The second kappa shape index (κ2) is 7.69. The van der Waals surface area contributed by atoms with Crippen molar-refractivity contribution in [2.75, 3.05) is 20.2 Å². The van der Waals surface area contributed by atoms with Crippen LogP contribution in [0.3, 0.4) is 0 Å². The predicted octanol–water partition coefficient (Wildman–Crippen LogP) is 2.86. The van der Waals surface area contributed by atoms with Gasteiger partial charge >= 0.3 is 6.03 Å². The van der Waals surface area contributed by atoms with Crippen molar-refractivity contribution in [3.05, 3.63) is 29.8 Å². The highest BCUT2D eigenvalue weighted by Crippen LogP contribution is 2.37. The number of carbonyl (C=O) groups is 3. The average Bonchev–Trinajstić information content (AvgIpc) is 3.30. The molecular weight excluding hydrogens is 370 g/mol. The van der Waals surface area contributed by atoms with Crippen molar-refractivity contribution in [3.63, 3.8) is 0 Å². The van der Waals surface area contributed by atoms with E-state index in [4.69, 9.17) is 4.74 Å². The van der Waals surface area contributed by atoms with Gasteiger partial charge in [0.25, 0.3) is 5.91 Å². The molecule has 1 aromatic rings. The lowest BCUT2D eigenvalue weighted by atomic mass is 9.77. The van der Waals surface area contributed by atoms with E-state index >= 15 is 0 Å². The number of likely N-dealkylation sites (tertiary alicyclic amines) is 1. The van der Waals surface area contributed by atoms with Crippen molar-refractivity contribution in [1.82, 2.24) is 15.1 Å². The van der Waals surface area contributed by atoms with Crippen LogP contribution in [0, 0.1) is 5.92 Å². The summed E-state index contributed by atoms with van der Waals surface area (Å²) in [7, 11) is 1.62. The summed E-state index contributed by atoms with van der Waals surface area (Å²) in [5, 5.41) is 2.89. The van der Waals surface area contributed by atoms with Crippen molar-refractivity contribution in [1.29, 1.82) is 0 Å². The fraction of sp³-hybridized carbons (Fsp3) is 0.591. The van der Waals surface area contributed by atoms with Gasteiger partial charge in [0.1, 0.15) is 17.8 Å². The van der Waals surface area contributed by atoms with Gasteiger partial charge in [-0.15, -0.1) is 0 Å². The molecule has 7 nitrogen and oxygen atoms in total. The Morgan fingerprint density at radius 1 is 1.17 bits per heavy atom. The summed E-state index contributed by atoms with van der Waals surface area (Å²) in [6.45, 7) is 2.62. The molecule has 1 spiro atoms. The van der Waals surface area contributed by atoms with Crippen LogP contribution in [0.2, 0.25) is 0 Å². The summed E-state index contributed by atoms with van der Waals surface area (Å²) in [5.74, 6) is 0.933. The smallest absolute Gasteiger partial charge is 0.325 e. The van der Waals surface area contributed by atoms with Gasteiger partial charge in [-0.3, -0.25) is 14.5 Å². The summed E-state index contributed by atoms with van der Waals surface area (Å²) in [6, 6.07) is 7.27. The fourth-order valence-corrected chi connectivity index (χ4v) is 4.88. The van der Waals surface area contributed by atoms with Crippen LogP contribution < -0.4 is 10.1 Å². The number of ether oxygens (including phenoxy) is 1. The Labute approximate surface area is 171 Å². The predicted molar refractivity (Wildman–Crippen MR) is 107 cm³/mol. The standard InChI is InChI=1S/C22H29N3O4/c1-15-9-11-22(12-10-15)20(27)25(21(28)23-22)14-19(26)24-13-3-4-18(24)16-5-7-17(29-2)8-6-16/h5-8,15,18H,3-4,9-14H2,1-2H3,(H,23,28). The van der Waals surface area contributed by atoms with Crippen LogP contribution in [0.4, 0.5) is 4.79 Å². The highest BCUT2D eigenvalue weighted by molar-refractivity contribution is 6.09. The van der Waals surface area contributed by atoms with Crippen molar-refractivity contribution in [2.24, 2.45) is 5.92 Å². The van der Waals surface area contributed by atoms with Crippen LogP contribution in [-0.4, -0.2) is 53.4 Å². The SMILES string of the molecule is COc1ccc(C2CCCN2C(=O)CN2C(=O)NC3(CCC(C)CC3)C2=O)cc1. The van der Waals surface area contributed by atoms with Gasteiger partial charge < -0.3 is 15.0 Å². The van der Waals surface area contributed by atoms with E-state index in [2.05, 4.69) is 12.2 Å². The van der Waals surface area contributed by atoms with E-state index in [0.717, 1.165) is 41.9 Å². The molecule has 1 N–H and O–H groups in total. The largest absolute Gasteiger partial charge is 0.497 e. The highest BCUT2D eigenvalue weighted by Gasteiger charge is 2.52. The zero-order chi connectivity index (χ0) is 20.6. The molecule has 1 unspecified atom stereocenters. The van der Waals surface area contributed by atoms with Gasteiger partial charge in [0.15, 0.2) is 0 Å². The lowest BCUT2D eigenvalue weighted by molar-refractivity contribution is -0.140. The Morgan fingerprint density at radius 3 is 2.52 bits per heavy atom. The molecule has 1 saturated carbocycles. The van der Waals surface area contributed by atoms with Crippen LogP contribution in [0.15, 0.2) is 24.3 Å². The molecule has 3 fully saturated rings. The number of nitrogens with zero attached hydrogens (tertiary/aromatic N) is 2. The maximum atomic E-state index is 13.0. The second-order valence-electron chi connectivity index (χ2n) is 8.60. The van der Waals surface area contributed by atoms with Crippen molar-refractivity contribution < 1.29 is 19.1 Å². The first kappa shape index (κ1) is 19.7. The summed E-state index contributed by atoms with van der Waals surface area (Å²) >= 11 is 0. The molecule has 4 rings (SSSR count). The Balaban J connectivity index is 1.45. The van der Waals surface area contributed by atoms with Gasteiger partial charge in [-0.25, -0.2) is 4.79 Å². The Morgan fingerprint density at radius 2 is 1.86 bits per heavy atom. The van der Waals surface area contributed by atoms with Crippen LogP contribution in [0.25, 0.3) is 0 Å². The first-order valence-corrected chi connectivity index (χ1v) is 10.5. The number of rotatable bonds is 4. The van der Waals surface area contributed by atoms with Crippen LogP contribution >= 0.6 is 0 Å². The molecule has 0 aromatic heterocycles. The monoisotopic (exact) mass is 399 g/mol. The van der Waals surface area contributed by atoms with E-state index in [1.54, 1.807) is 12.0 Å². The topological polar surface area (TPSA) is 79.0 Å². The molecule has 4 amide bonds. The van der Waals surface area contributed by atoms with Crippen LogP contribution in [0.5, 0.6) is 5.75 Å². The molecule has 7 heteroatoms. The number of methoxy groups -OCH3 is 1. The Hall–Kier alpha value is -2.57. The first-order chi connectivity index (χ1) is 13.9. The Kier molecular flexibility index (Phi) is 5.23. The van der Waals surface area contributed by atoms with Gasteiger partial charge in [-0.05, 0) is 62.1 Å². The first-order valence-electron chi connectivity index (χ1n) is 10.5. The molecule has 3 aliphatic rings. The third-order valence-corrected chi connectivity index (χ3v) is 6.74. The molecular formula is C22H29N3O4. The van der Waals surface area contributed by atoms with Crippen LogP contribution in [0.1, 0.15) is 57.1 Å². The van der Waals surface area contributed by atoms with Crippen LogP contribution in [-0.2, 0) is 9.59 Å². The lowest BCUT2D eigenvalue weighted by Gasteiger charge is -2.33. The highest BCUT2D eigenvalue weighted by atomic mass is 16.5. The van der Waals surface area contributed by atoms with E-state index in [-0.39, 0.29) is 24.4 Å². The van der Waals surface area contributed by atoms with E-state index in [9.17, 15) is 14.4 Å². The molecule has 1 aromatic carbocycles. The third-order valence-electron chi connectivity index (χ3n) is 6.74. The maximum absolute atomic E-state index is 13.0. The third kappa shape index (κ3) is 3.58. The summed E-state index contributed by atoms with van der Waals surface area (Å²) < 4.78 is 5.21. The van der Waals surface area contributed by atoms with E-state index in [1.165, 1.54) is 0 Å². The molecule has 1 aliphatic carbocycles. The maximum Gasteiger partial charge on any atom is 0.325 e. The molecule has 29 heavy (non-hydrogen) atoms. The normalized spacial score (nSPS) is 29.4. The van der Waals surface area contributed by atoms with Gasteiger partial charge in [0.2, 0.25) is 5.91 Å². The second-order valence-corrected chi connectivity index (χ2v) is 8.60. The van der Waals surface area contributed by atoms with Gasteiger partial charge in [-0.1, -0.05) is 19.1 Å². The molecule has 0 radical (unpaired) electrons. The molecule has 1 atom stereocenters. The Bertz CT molecular complexity index is 799. The number of hydrogen-bond acceptors (Lipinski definition) is 4. The minimum absolute atomic E-state index is 0.0290. The number of urea groups is 1. The summed E-state index contributed by atoms with van der Waals surface area (Å²) in [4.78, 5) is 41.5. The quantitative estimate of drug-likeness (QED) is 0.790. The molecule has 0 bridgehead atoms. The molecule has 2 heterocycles. The van der Waals surface area contributed by atoms with E-state index < -0.39 is 11.6 Å². The molecule has 2 aliphatic heterocycles. The molecule has 156 valence electrons. The zero-order valence-electron chi connectivity index (χ0n) is 17.1. The lowest BCUT2D eigenvalue weighted by Crippen LogP contribution is -2.50. The van der Waals surface area contributed by atoms with Gasteiger partial charge in [0.05, 0.1) is 13.2 Å². The number of amides is 4. The number of hydrogen-bond donors (Lipinski definition) is 1. The fourth-order valence-electron chi connectivity index (χ4n) is 4.88. The van der Waals surface area contributed by atoms with Crippen molar-refractivity contribution in [2.45, 2.75) is 57.0 Å². The summed E-state index contributed by atoms with van der Waals surface area (Å²) in [5.41, 5.74) is 0.246. The van der Waals surface area contributed by atoms with Crippen molar-refractivity contribution in [3.8, 4) is 5.75 Å². The van der Waals surface area contributed by atoms with Crippen molar-refractivity contribution >= 4 is 17.8 Å². The minimum atomic E-state index is -0.801. The molecule has 2 saturated heterocycles.